The second kappa shape index (κ2) is 8.66. The maximum atomic E-state index is 13.4. The molecule has 3 aromatic rings. The highest BCUT2D eigenvalue weighted by molar-refractivity contribution is 6.36. The Morgan fingerprint density at radius 3 is 2.26 bits per heavy atom. The highest BCUT2D eigenvalue weighted by Crippen LogP contribution is 2.33. The van der Waals surface area contributed by atoms with Gasteiger partial charge in [0.25, 0.3) is 11.8 Å². The number of rotatable bonds is 6. The normalized spacial score (nSPS) is 13.7. The number of benzene rings is 3. The van der Waals surface area contributed by atoms with Crippen LogP contribution in [-0.2, 0) is 16.1 Å². The Morgan fingerprint density at radius 1 is 0.903 bits per heavy atom. The second-order valence-electron chi connectivity index (χ2n) is 7.26. The van der Waals surface area contributed by atoms with E-state index in [0.29, 0.717) is 21.9 Å². The van der Waals surface area contributed by atoms with Crippen LogP contribution in [0.15, 0.2) is 78.5 Å². The minimum atomic E-state index is -0.388. The summed E-state index contributed by atoms with van der Waals surface area (Å²) in [6, 6.07) is 21.9. The molecule has 5 nitrogen and oxygen atoms in total. The van der Waals surface area contributed by atoms with Crippen LogP contribution in [0.25, 0.3) is 5.57 Å². The molecule has 0 unspecified atom stereocenters. The molecule has 31 heavy (non-hydrogen) atoms. The van der Waals surface area contributed by atoms with Crippen molar-refractivity contribution in [3.05, 3.63) is 100 Å². The summed E-state index contributed by atoms with van der Waals surface area (Å²) in [6.45, 7) is 2.10. The van der Waals surface area contributed by atoms with Crippen LogP contribution >= 0.6 is 11.6 Å². The van der Waals surface area contributed by atoms with Gasteiger partial charge in [0.05, 0.1) is 19.2 Å². The van der Waals surface area contributed by atoms with Crippen LogP contribution in [0.1, 0.15) is 16.7 Å². The quantitative estimate of drug-likeness (QED) is 0.554. The van der Waals surface area contributed by atoms with Crippen LogP contribution in [0.2, 0.25) is 5.02 Å². The molecule has 1 aliphatic rings. The standard InChI is InChI=1S/C25H21ClN2O3/c1-16-7-13-20(14-8-16)27-23-22(17-9-11-19(26)12-10-17)24(29)28(25(23)30)15-18-5-3-4-6-21(18)31-2/h3-14,27H,15H2,1-2H3. The summed E-state index contributed by atoms with van der Waals surface area (Å²) in [5.74, 6) is -0.134. The van der Waals surface area contributed by atoms with Gasteiger partial charge in [-0.3, -0.25) is 14.5 Å². The summed E-state index contributed by atoms with van der Waals surface area (Å²) in [5, 5.41) is 3.71. The zero-order valence-electron chi connectivity index (χ0n) is 17.2. The molecule has 0 saturated heterocycles. The first-order chi connectivity index (χ1) is 15.0. The number of methoxy groups -OCH3 is 1. The summed E-state index contributed by atoms with van der Waals surface area (Å²) in [6.07, 6.45) is 0. The third-order valence-corrected chi connectivity index (χ3v) is 5.39. The molecule has 0 aliphatic carbocycles. The molecule has 0 radical (unpaired) electrons. The molecular formula is C25H21ClN2O3. The molecule has 0 aromatic heterocycles. The van der Waals surface area contributed by atoms with Crippen molar-refractivity contribution < 1.29 is 14.3 Å². The molecule has 1 heterocycles. The van der Waals surface area contributed by atoms with Crippen molar-refractivity contribution in [3.63, 3.8) is 0 Å². The van der Waals surface area contributed by atoms with E-state index >= 15 is 0 Å². The van der Waals surface area contributed by atoms with E-state index in [4.69, 9.17) is 16.3 Å². The van der Waals surface area contributed by atoms with Crippen LogP contribution in [0.4, 0.5) is 5.69 Å². The van der Waals surface area contributed by atoms with E-state index in [0.717, 1.165) is 16.8 Å². The molecule has 6 heteroatoms. The molecule has 0 saturated carbocycles. The lowest BCUT2D eigenvalue weighted by molar-refractivity contribution is -0.137. The van der Waals surface area contributed by atoms with E-state index < -0.39 is 0 Å². The van der Waals surface area contributed by atoms with Gasteiger partial charge in [0.2, 0.25) is 0 Å². The van der Waals surface area contributed by atoms with E-state index in [1.807, 2.05) is 49.4 Å². The average molecular weight is 433 g/mol. The van der Waals surface area contributed by atoms with Gasteiger partial charge in [-0.2, -0.15) is 0 Å². The number of nitrogens with one attached hydrogen (secondary N) is 1. The summed E-state index contributed by atoms with van der Waals surface area (Å²) in [7, 11) is 1.56. The first kappa shape index (κ1) is 20.7. The Bertz CT molecular complexity index is 1170. The van der Waals surface area contributed by atoms with Crippen LogP contribution in [-0.4, -0.2) is 23.8 Å². The molecule has 0 atom stereocenters. The number of para-hydroxylation sites is 1. The third-order valence-electron chi connectivity index (χ3n) is 5.14. The van der Waals surface area contributed by atoms with Gasteiger partial charge < -0.3 is 10.1 Å². The Labute approximate surface area is 185 Å². The van der Waals surface area contributed by atoms with Gasteiger partial charge >= 0.3 is 0 Å². The van der Waals surface area contributed by atoms with Crippen molar-refractivity contribution in [2.75, 3.05) is 12.4 Å². The molecule has 3 aromatic carbocycles. The van der Waals surface area contributed by atoms with E-state index in [1.54, 1.807) is 37.4 Å². The van der Waals surface area contributed by atoms with Crippen molar-refractivity contribution in [1.82, 2.24) is 4.90 Å². The van der Waals surface area contributed by atoms with Gasteiger partial charge in [-0.25, -0.2) is 0 Å². The Morgan fingerprint density at radius 2 is 1.58 bits per heavy atom. The van der Waals surface area contributed by atoms with Gasteiger partial charge in [0, 0.05) is 16.3 Å². The predicted octanol–water partition coefficient (Wildman–Crippen LogP) is 5.05. The monoisotopic (exact) mass is 432 g/mol. The first-order valence-corrected chi connectivity index (χ1v) is 10.2. The molecule has 1 N–H and O–H groups in total. The fourth-order valence-electron chi connectivity index (χ4n) is 3.51. The smallest absolute Gasteiger partial charge is 0.278 e. The van der Waals surface area contributed by atoms with Crippen molar-refractivity contribution in [2.24, 2.45) is 0 Å². The number of aryl methyl sites for hydroxylation is 1. The van der Waals surface area contributed by atoms with E-state index in [9.17, 15) is 9.59 Å². The molecule has 0 bridgehead atoms. The van der Waals surface area contributed by atoms with Crippen LogP contribution in [0.3, 0.4) is 0 Å². The molecule has 156 valence electrons. The fraction of sp³-hybridized carbons (Fsp3) is 0.120. The number of hydrogen-bond acceptors (Lipinski definition) is 4. The number of anilines is 1. The number of ether oxygens (including phenoxy) is 1. The summed E-state index contributed by atoms with van der Waals surface area (Å²) < 4.78 is 5.39. The number of nitrogens with zero attached hydrogens (tertiary/aromatic N) is 1. The Balaban J connectivity index is 1.74. The summed E-state index contributed by atoms with van der Waals surface area (Å²) in [5.41, 5.74) is 3.76. The molecule has 0 spiro atoms. The minimum absolute atomic E-state index is 0.109. The lowest BCUT2D eigenvalue weighted by Crippen LogP contribution is -2.32. The third kappa shape index (κ3) is 4.18. The maximum absolute atomic E-state index is 13.4. The molecule has 4 rings (SSSR count). The number of amides is 2. The SMILES string of the molecule is COc1ccccc1CN1C(=O)C(Nc2ccc(C)cc2)=C(c2ccc(Cl)cc2)C1=O. The zero-order chi connectivity index (χ0) is 22.0. The Kier molecular flexibility index (Phi) is 5.78. The minimum Gasteiger partial charge on any atom is -0.496 e. The number of carbonyl (C=O) groups is 2. The van der Waals surface area contributed by atoms with E-state index in [1.165, 1.54) is 4.90 Å². The first-order valence-electron chi connectivity index (χ1n) is 9.80. The Hall–Kier alpha value is -3.57. The number of hydrogen-bond donors (Lipinski definition) is 1. The van der Waals surface area contributed by atoms with Crippen LogP contribution in [0, 0.1) is 6.92 Å². The summed E-state index contributed by atoms with van der Waals surface area (Å²) in [4.78, 5) is 28.0. The van der Waals surface area contributed by atoms with Gasteiger partial charge in [-0.05, 0) is 42.8 Å². The van der Waals surface area contributed by atoms with Crippen LogP contribution in [0.5, 0.6) is 5.75 Å². The molecule has 0 fully saturated rings. The summed E-state index contributed by atoms with van der Waals surface area (Å²) >= 11 is 6.03. The van der Waals surface area contributed by atoms with E-state index in [-0.39, 0.29) is 24.1 Å². The van der Waals surface area contributed by atoms with Gasteiger partial charge in [0.1, 0.15) is 11.4 Å². The predicted molar refractivity (Wildman–Crippen MR) is 122 cm³/mol. The van der Waals surface area contributed by atoms with Crippen molar-refractivity contribution in [2.45, 2.75) is 13.5 Å². The number of carbonyl (C=O) groups excluding carboxylic acids is 2. The number of halogens is 1. The van der Waals surface area contributed by atoms with Gasteiger partial charge in [0.15, 0.2) is 0 Å². The average Bonchev–Trinajstić information content (AvgIpc) is 3.00. The largest absolute Gasteiger partial charge is 0.496 e. The van der Waals surface area contributed by atoms with Gasteiger partial charge in [-0.15, -0.1) is 0 Å². The highest BCUT2D eigenvalue weighted by atomic mass is 35.5. The van der Waals surface area contributed by atoms with Crippen molar-refractivity contribution >= 4 is 34.7 Å². The highest BCUT2D eigenvalue weighted by Gasteiger charge is 2.39. The van der Waals surface area contributed by atoms with E-state index in [2.05, 4.69) is 5.32 Å². The molecular weight excluding hydrogens is 412 g/mol. The van der Waals surface area contributed by atoms with Crippen LogP contribution < -0.4 is 10.1 Å². The lowest BCUT2D eigenvalue weighted by atomic mass is 10.0. The fourth-order valence-corrected chi connectivity index (χ4v) is 3.63. The number of imide groups is 1. The maximum Gasteiger partial charge on any atom is 0.278 e. The molecule has 1 aliphatic heterocycles. The van der Waals surface area contributed by atoms with Crippen molar-refractivity contribution in [3.8, 4) is 5.75 Å². The second-order valence-corrected chi connectivity index (χ2v) is 7.69. The topological polar surface area (TPSA) is 58.6 Å². The molecule has 2 amide bonds. The van der Waals surface area contributed by atoms with Gasteiger partial charge in [-0.1, -0.05) is 59.6 Å². The lowest BCUT2D eigenvalue weighted by Gasteiger charge is -2.17. The van der Waals surface area contributed by atoms with Crippen molar-refractivity contribution in [1.29, 1.82) is 0 Å². The zero-order valence-corrected chi connectivity index (χ0v) is 17.9.